The molecule has 2 atom stereocenters. The predicted molar refractivity (Wildman–Crippen MR) is 80.8 cm³/mol. The molecule has 1 heterocycles. The summed E-state index contributed by atoms with van der Waals surface area (Å²) in [5.74, 6) is 1.77. The van der Waals surface area contributed by atoms with Gasteiger partial charge in [-0.25, -0.2) is 9.97 Å². The van der Waals surface area contributed by atoms with Crippen LogP contribution in [0.2, 0.25) is 5.15 Å². The number of rotatable bonds is 2. The molecule has 0 amide bonds. The molecule has 108 valence electrons. The number of aromatic nitrogens is 2. The zero-order valence-corrected chi connectivity index (χ0v) is 13.0. The van der Waals surface area contributed by atoms with E-state index in [0.717, 1.165) is 11.7 Å². The first-order valence-electron chi connectivity index (χ1n) is 7.64. The maximum Gasteiger partial charge on any atom is 0.134 e. The average Bonchev–Trinajstić information content (AvgIpc) is 2.22. The number of anilines is 1. The van der Waals surface area contributed by atoms with Crippen molar-refractivity contribution >= 4 is 17.4 Å². The van der Waals surface area contributed by atoms with Gasteiger partial charge < -0.3 is 5.32 Å². The molecule has 4 saturated carbocycles. The van der Waals surface area contributed by atoms with Gasteiger partial charge in [-0.05, 0) is 55.3 Å². The van der Waals surface area contributed by atoms with Gasteiger partial charge in [0.2, 0.25) is 0 Å². The molecule has 2 unspecified atom stereocenters. The molecule has 20 heavy (non-hydrogen) atoms. The Labute approximate surface area is 125 Å². The van der Waals surface area contributed by atoms with Gasteiger partial charge in [-0.2, -0.15) is 0 Å². The first kappa shape index (κ1) is 12.9. The molecule has 4 aliphatic rings. The van der Waals surface area contributed by atoms with Crippen LogP contribution in [0.3, 0.4) is 0 Å². The fraction of sp³-hybridized carbons (Fsp3) is 0.750. The van der Waals surface area contributed by atoms with Crippen LogP contribution in [0.4, 0.5) is 5.82 Å². The fourth-order valence-electron chi connectivity index (χ4n) is 6.26. The Bertz CT molecular complexity index is 540. The SMILES string of the molecule is CC12CC3CC(C)(C1)CC(Nc1cc(Cl)ncn1)(C3)C2. The van der Waals surface area contributed by atoms with Gasteiger partial charge >= 0.3 is 0 Å². The minimum absolute atomic E-state index is 0.223. The molecule has 1 aromatic rings. The lowest BCUT2D eigenvalue weighted by atomic mass is 9.43. The molecule has 0 saturated heterocycles. The van der Waals surface area contributed by atoms with E-state index in [0.29, 0.717) is 16.0 Å². The highest BCUT2D eigenvalue weighted by molar-refractivity contribution is 6.29. The second-order valence-electron chi connectivity index (χ2n) is 8.26. The molecule has 4 aliphatic carbocycles. The van der Waals surface area contributed by atoms with E-state index in [1.807, 2.05) is 6.07 Å². The van der Waals surface area contributed by atoms with Crippen LogP contribution in [0.1, 0.15) is 52.4 Å². The molecule has 3 nitrogen and oxygen atoms in total. The Hall–Kier alpha value is -0.830. The number of hydrogen-bond donors (Lipinski definition) is 1. The van der Waals surface area contributed by atoms with E-state index in [1.54, 1.807) is 6.33 Å². The Kier molecular flexibility index (Phi) is 2.50. The number of hydrogen-bond acceptors (Lipinski definition) is 3. The molecular weight excluding hydrogens is 270 g/mol. The smallest absolute Gasteiger partial charge is 0.134 e. The number of nitrogens with zero attached hydrogens (tertiary/aromatic N) is 2. The summed E-state index contributed by atoms with van der Waals surface area (Å²) in [7, 11) is 0. The van der Waals surface area contributed by atoms with Crippen LogP contribution in [0.5, 0.6) is 0 Å². The third kappa shape index (κ3) is 2.02. The van der Waals surface area contributed by atoms with Gasteiger partial charge in [-0.15, -0.1) is 0 Å². The van der Waals surface area contributed by atoms with E-state index in [2.05, 4.69) is 29.1 Å². The average molecular weight is 292 g/mol. The molecular formula is C16H22ClN3. The third-order valence-electron chi connectivity index (χ3n) is 5.65. The van der Waals surface area contributed by atoms with Gasteiger partial charge in [0, 0.05) is 11.6 Å². The molecule has 1 aromatic heterocycles. The van der Waals surface area contributed by atoms with Gasteiger partial charge in [0.1, 0.15) is 17.3 Å². The second-order valence-corrected chi connectivity index (χ2v) is 8.65. The van der Waals surface area contributed by atoms with Crippen molar-refractivity contribution in [1.82, 2.24) is 9.97 Å². The number of halogens is 1. The molecule has 5 rings (SSSR count). The standard InChI is InChI=1S/C16H22ClN3/c1-14-4-11-5-15(2,7-14)9-16(6-11,8-14)20-13-3-12(17)18-10-19-13/h3,10-11H,4-9H2,1-2H3,(H,18,19,20). The Balaban J connectivity index is 1.67. The number of nitrogens with one attached hydrogen (secondary N) is 1. The summed E-state index contributed by atoms with van der Waals surface area (Å²) < 4.78 is 0. The largest absolute Gasteiger partial charge is 0.364 e. The monoisotopic (exact) mass is 291 g/mol. The summed E-state index contributed by atoms with van der Waals surface area (Å²) in [6, 6.07) is 1.85. The quantitative estimate of drug-likeness (QED) is 0.826. The molecule has 4 fully saturated rings. The minimum atomic E-state index is 0.223. The molecule has 0 aliphatic heterocycles. The minimum Gasteiger partial charge on any atom is -0.364 e. The van der Waals surface area contributed by atoms with E-state index in [1.165, 1.54) is 38.5 Å². The maximum absolute atomic E-state index is 5.99. The Morgan fingerprint density at radius 1 is 1.10 bits per heavy atom. The van der Waals surface area contributed by atoms with Crippen LogP contribution < -0.4 is 5.32 Å². The summed E-state index contributed by atoms with van der Waals surface area (Å²) in [5.41, 5.74) is 1.25. The van der Waals surface area contributed by atoms with E-state index in [4.69, 9.17) is 11.6 Å². The van der Waals surface area contributed by atoms with Crippen molar-refractivity contribution in [2.24, 2.45) is 16.7 Å². The van der Waals surface area contributed by atoms with Crippen molar-refractivity contribution in [2.45, 2.75) is 57.9 Å². The first-order valence-corrected chi connectivity index (χ1v) is 8.01. The summed E-state index contributed by atoms with van der Waals surface area (Å²) >= 11 is 5.99. The van der Waals surface area contributed by atoms with Crippen LogP contribution in [0.15, 0.2) is 12.4 Å². The first-order chi connectivity index (χ1) is 9.38. The second kappa shape index (κ2) is 3.88. The summed E-state index contributed by atoms with van der Waals surface area (Å²) in [6.45, 7) is 4.97. The zero-order chi connectivity index (χ0) is 14.0. The van der Waals surface area contributed by atoms with Crippen molar-refractivity contribution in [3.8, 4) is 0 Å². The molecule has 1 N–H and O–H groups in total. The van der Waals surface area contributed by atoms with Crippen molar-refractivity contribution < 1.29 is 0 Å². The van der Waals surface area contributed by atoms with Gasteiger partial charge in [0.25, 0.3) is 0 Å². The van der Waals surface area contributed by atoms with Gasteiger partial charge in [0.05, 0.1) is 0 Å². The van der Waals surface area contributed by atoms with Crippen LogP contribution in [0.25, 0.3) is 0 Å². The highest BCUT2D eigenvalue weighted by Gasteiger charge is 2.60. The van der Waals surface area contributed by atoms with Crippen molar-refractivity contribution in [3.05, 3.63) is 17.5 Å². The molecule has 0 spiro atoms. The summed E-state index contributed by atoms with van der Waals surface area (Å²) in [6.07, 6.45) is 9.60. The maximum atomic E-state index is 5.99. The van der Waals surface area contributed by atoms with Crippen molar-refractivity contribution in [2.75, 3.05) is 5.32 Å². The van der Waals surface area contributed by atoms with Crippen LogP contribution in [-0.2, 0) is 0 Å². The van der Waals surface area contributed by atoms with Gasteiger partial charge in [0.15, 0.2) is 0 Å². The molecule has 0 aromatic carbocycles. The lowest BCUT2D eigenvalue weighted by Crippen LogP contribution is -2.61. The molecule has 4 bridgehead atoms. The van der Waals surface area contributed by atoms with Crippen molar-refractivity contribution in [1.29, 1.82) is 0 Å². The van der Waals surface area contributed by atoms with E-state index >= 15 is 0 Å². The van der Waals surface area contributed by atoms with Crippen molar-refractivity contribution in [3.63, 3.8) is 0 Å². The predicted octanol–water partition coefficient (Wildman–Crippen LogP) is 4.29. The fourth-order valence-corrected chi connectivity index (χ4v) is 6.41. The molecule has 0 radical (unpaired) electrons. The van der Waals surface area contributed by atoms with Crippen LogP contribution >= 0.6 is 11.6 Å². The Morgan fingerprint density at radius 2 is 1.80 bits per heavy atom. The Morgan fingerprint density at radius 3 is 2.40 bits per heavy atom. The lowest BCUT2D eigenvalue weighted by Gasteiger charge is -2.65. The summed E-state index contributed by atoms with van der Waals surface area (Å²) in [4.78, 5) is 8.33. The van der Waals surface area contributed by atoms with E-state index in [9.17, 15) is 0 Å². The molecule has 4 heteroatoms. The summed E-state index contributed by atoms with van der Waals surface area (Å²) in [5, 5.41) is 4.26. The lowest BCUT2D eigenvalue weighted by molar-refractivity contribution is -0.0973. The topological polar surface area (TPSA) is 37.8 Å². The zero-order valence-electron chi connectivity index (χ0n) is 12.2. The van der Waals surface area contributed by atoms with E-state index in [-0.39, 0.29) is 5.54 Å². The van der Waals surface area contributed by atoms with Gasteiger partial charge in [-0.3, -0.25) is 0 Å². The van der Waals surface area contributed by atoms with Crippen LogP contribution in [-0.4, -0.2) is 15.5 Å². The highest BCUT2D eigenvalue weighted by atomic mass is 35.5. The highest BCUT2D eigenvalue weighted by Crippen LogP contribution is 2.66. The third-order valence-corrected chi connectivity index (χ3v) is 5.86. The van der Waals surface area contributed by atoms with Crippen LogP contribution in [0, 0.1) is 16.7 Å². The normalized spacial score (nSPS) is 45.6. The van der Waals surface area contributed by atoms with Gasteiger partial charge in [-0.1, -0.05) is 25.4 Å². The van der Waals surface area contributed by atoms with E-state index < -0.39 is 0 Å².